The van der Waals surface area contributed by atoms with E-state index in [0.717, 1.165) is 31.1 Å². The topological polar surface area (TPSA) is 152 Å². The highest BCUT2D eigenvalue weighted by molar-refractivity contribution is 7.77. The summed E-state index contributed by atoms with van der Waals surface area (Å²) in [4.78, 5) is 31.8. The number of fused-ring (bicyclic) bond motifs is 1. The normalized spacial score (nSPS) is 22.6. The monoisotopic (exact) mass is 566 g/mol. The molecule has 11 nitrogen and oxygen atoms in total. The Kier molecular flexibility index (Phi) is 6.32. The Bertz CT molecular complexity index is 1630. The fourth-order valence-electron chi connectivity index (χ4n) is 5.79. The molecule has 2 aromatic carbocycles. The Morgan fingerprint density at radius 3 is 2.51 bits per heavy atom. The summed E-state index contributed by atoms with van der Waals surface area (Å²) >= 11 is 4.21. The number of nitrogens with zero attached hydrogens (tertiary/aromatic N) is 4. The van der Waals surface area contributed by atoms with Crippen LogP contribution in [-0.2, 0) is 11.3 Å². The number of para-hydroxylation sites is 1. The largest absolute Gasteiger partial charge is 0.351 e. The van der Waals surface area contributed by atoms with Crippen molar-refractivity contribution in [2.24, 2.45) is 5.41 Å². The maximum absolute atomic E-state index is 12.5. The molecule has 1 unspecified atom stereocenters. The van der Waals surface area contributed by atoms with Gasteiger partial charge in [-0.1, -0.05) is 29.8 Å². The number of carbonyl (C=O) groups is 1. The van der Waals surface area contributed by atoms with Gasteiger partial charge in [0.2, 0.25) is 5.95 Å². The van der Waals surface area contributed by atoms with Crippen molar-refractivity contribution in [1.82, 2.24) is 19.3 Å². The predicted molar refractivity (Wildman–Crippen MR) is 147 cm³/mol. The molecule has 6 rings (SSSR count). The van der Waals surface area contributed by atoms with E-state index in [-0.39, 0.29) is 29.1 Å². The number of nitro benzene ring substituents is 1. The molecule has 4 aromatic rings. The molecule has 1 atom stereocenters. The van der Waals surface area contributed by atoms with E-state index in [2.05, 4.69) is 20.6 Å². The first-order valence-electron chi connectivity index (χ1n) is 12.3. The molecule has 2 aliphatic carbocycles. The van der Waals surface area contributed by atoms with E-state index >= 15 is 0 Å². The summed E-state index contributed by atoms with van der Waals surface area (Å²) in [5, 5.41) is 18.3. The van der Waals surface area contributed by atoms with Crippen LogP contribution in [0.25, 0.3) is 22.2 Å². The Labute approximate surface area is 230 Å². The first-order chi connectivity index (χ1) is 18.7. The summed E-state index contributed by atoms with van der Waals surface area (Å²) in [6.07, 6.45) is 6.66. The third kappa shape index (κ3) is 4.75. The maximum atomic E-state index is 12.5. The molecule has 0 radical (unpaired) electrons. The van der Waals surface area contributed by atoms with Crippen LogP contribution in [0.3, 0.4) is 0 Å². The van der Waals surface area contributed by atoms with Gasteiger partial charge in [0.05, 0.1) is 27.4 Å². The fraction of sp³-hybridized carbons (Fsp3) is 0.269. The van der Waals surface area contributed by atoms with E-state index in [1.165, 1.54) is 34.4 Å². The summed E-state index contributed by atoms with van der Waals surface area (Å²) in [5.74, 6) is 0.200. The molecule has 3 N–H and O–H groups in total. The number of hydrogen-bond donors (Lipinski definition) is 3. The number of halogens is 1. The lowest BCUT2D eigenvalue weighted by Gasteiger charge is -2.57. The van der Waals surface area contributed by atoms with Crippen molar-refractivity contribution in [2.75, 3.05) is 5.32 Å². The number of amides is 1. The Morgan fingerprint density at radius 2 is 1.82 bits per heavy atom. The van der Waals surface area contributed by atoms with Gasteiger partial charge in [-0.25, -0.2) is 18.1 Å². The van der Waals surface area contributed by atoms with E-state index in [0.29, 0.717) is 33.3 Å². The summed E-state index contributed by atoms with van der Waals surface area (Å²) < 4.78 is 22.8. The maximum Gasteiger partial charge on any atom is 0.269 e. The second-order valence-corrected chi connectivity index (χ2v) is 11.4. The third-order valence-electron chi connectivity index (χ3n) is 7.57. The van der Waals surface area contributed by atoms with Crippen LogP contribution >= 0.6 is 11.6 Å². The fourth-order valence-corrected chi connectivity index (χ4v) is 6.50. The smallest absolute Gasteiger partial charge is 0.269 e. The van der Waals surface area contributed by atoms with E-state index in [1.807, 2.05) is 12.1 Å². The Balaban J connectivity index is 1.07. The van der Waals surface area contributed by atoms with E-state index < -0.39 is 16.2 Å². The highest BCUT2D eigenvalue weighted by atomic mass is 35.5. The van der Waals surface area contributed by atoms with Gasteiger partial charge in [0.1, 0.15) is 0 Å². The van der Waals surface area contributed by atoms with Gasteiger partial charge in [0, 0.05) is 46.9 Å². The van der Waals surface area contributed by atoms with Gasteiger partial charge in [-0.2, -0.15) is 0 Å². The number of anilines is 1. The van der Waals surface area contributed by atoms with Crippen LogP contribution in [-0.4, -0.2) is 45.6 Å². The number of benzene rings is 2. The van der Waals surface area contributed by atoms with E-state index in [4.69, 9.17) is 11.6 Å². The van der Waals surface area contributed by atoms with Crippen molar-refractivity contribution in [1.29, 1.82) is 0 Å². The number of hydrogen-bond acceptors (Lipinski definition) is 7. The summed E-state index contributed by atoms with van der Waals surface area (Å²) in [7, 11) is 0. The lowest BCUT2D eigenvalue weighted by Crippen LogP contribution is -2.59. The highest BCUT2D eigenvalue weighted by Crippen LogP contribution is 2.56. The van der Waals surface area contributed by atoms with Crippen molar-refractivity contribution >= 4 is 51.3 Å². The van der Waals surface area contributed by atoms with Crippen LogP contribution in [0.1, 0.15) is 36.0 Å². The standard InChI is InChI=1S/C26H23ClN6O5S/c27-21-13-28-25(31-23(21)20-14-32(39(37)38)22-4-2-1-3-19(20)22)30-17-11-26(12-17)9-16(10-26)29-24(34)15-5-7-18(8-6-15)33(35)36/h1-8,13-14,16-17H,9-12H2,(H,29,34)(H,37,38)(H,28,30,31). The van der Waals surface area contributed by atoms with Crippen LogP contribution < -0.4 is 10.6 Å². The van der Waals surface area contributed by atoms with Gasteiger partial charge in [0.25, 0.3) is 22.9 Å². The van der Waals surface area contributed by atoms with Gasteiger partial charge >= 0.3 is 0 Å². The van der Waals surface area contributed by atoms with E-state index in [1.54, 1.807) is 18.3 Å². The molecule has 2 aromatic heterocycles. The molecule has 13 heteroatoms. The first-order valence-corrected chi connectivity index (χ1v) is 13.7. The molecular formula is C26H23ClN6O5S. The molecule has 1 spiro atoms. The second-order valence-electron chi connectivity index (χ2n) is 10.1. The van der Waals surface area contributed by atoms with Gasteiger partial charge in [0.15, 0.2) is 0 Å². The average Bonchev–Trinajstić information content (AvgIpc) is 3.27. The molecule has 0 aliphatic heterocycles. The lowest BCUT2D eigenvalue weighted by molar-refractivity contribution is -0.384. The molecule has 0 bridgehead atoms. The molecule has 2 aliphatic rings. The zero-order chi connectivity index (χ0) is 27.3. The molecule has 2 heterocycles. The van der Waals surface area contributed by atoms with Crippen LogP contribution in [0.5, 0.6) is 0 Å². The Morgan fingerprint density at radius 1 is 1.13 bits per heavy atom. The number of nitro groups is 1. The minimum Gasteiger partial charge on any atom is -0.351 e. The van der Waals surface area contributed by atoms with Crippen molar-refractivity contribution in [3.05, 3.63) is 81.6 Å². The van der Waals surface area contributed by atoms with Crippen LogP contribution in [0.4, 0.5) is 11.6 Å². The number of non-ortho nitro benzene ring substituents is 1. The predicted octanol–water partition coefficient (Wildman–Crippen LogP) is 4.80. The lowest BCUT2D eigenvalue weighted by atomic mass is 9.52. The van der Waals surface area contributed by atoms with Crippen molar-refractivity contribution < 1.29 is 18.5 Å². The second kappa shape index (κ2) is 9.70. The summed E-state index contributed by atoms with van der Waals surface area (Å²) in [6.45, 7) is 0. The molecule has 200 valence electrons. The Hall–Kier alpha value is -3.87. The summed E-state index contributed by atoms with van der Waals surface area (Å²) in [5.41, 5.74) is 2.23. The molecule has 2 fully saturated rings. The van der Waals surface area contributed by atoms with Crippen LogP contribution in [0.15, 0.2) is 60.9 Å². The zero-order valence-electron chi connectivity index (χ0n) is 20.4. The van der Waals surface area contributed by atoms with Gasteiger partial charge in [-0.05, 0) is 49.3 Å². The minimum absolute atomic E-state index is 0.0488. The molecule has 2 saturated carbocycles. The molecule has 39 heavy (non-hydrogen) atoms. The number of nitrogens with one attached hydrogen (secondary N) is 2. The molecule has 1 amide bonds. The first kappa shape index (κ1) is 25.4. The van der Waals surface area contributed by atoms with E-state index in [9.17, 15) is 23.7 Å². The van der Waals surface area contributed by atoms with Crippen molar-refractivity contribution in [2.45, 2.75) is 37.8 Å². The van der Waals surface area contributed by atoms with Crippen LogP contribution in [0.2, 0.25) is 5.02 Å². The van der Waals surface area contributed by atoms with Gasteiger partial charge in [-0.3, -0.25) is 19.5 Å². The molecular weight excluding hydrogens is 544 g/mol. The summed E-state index contributed by atoms with van der Waals surface area (Å²) in [6, 6.07) is 13.1. The molecule has 0 saturated heterocycles. The van der Waals surface area contributed by atoms with Crippen molar-refractivity contribution in [3.8, 4) is 11.3 Å². The quantitative estimate of drug-likeness (QED) is 0.164. The minimum atomic E-state index is -2.23. The SMILES string of the molecule is O=C(NC1CC2(C1)CC(Nc1ncc(Cl)c(-c3cn(S(=O)O)c4ccccc34)n1)C2)c1ccc([N+](=O)[O-])cc1. The average molecular weight is 567 g/mol. The van der Waals surface area contributed by atoms with Crippen LogP contribution in [0, 0.1) is 15.5 Å². The number of carbonyl (C=O) groups excluding carboxylic acids is 1. The third-order valence-corrected chi connectivity index (χ3v) is 8.49. The highest BCUT2D eigenvalue weighted by Gasteiger charge is 2.53. The number of aromatic nitrogens is 3. The van der Waals surface area contributed by atoms with Gasteiger partial charge in [-0.15, -0.1) is 0 Å². The van der Waals surface area contributed by atoms with Crippen molar-refractivity contribution in [3.63, 3.8) is 0 Å². The van der Waals surface area contributed by atoms with Gasteiger partial charge < -0.3 is 10.6 Å². The number of rotatable bonds is 7. The zero-order valence-corrected chi connectivity index (χ0v) is 22.0.